The summed E-state index contributed by atoms with van der Waals surface area (Å²) in [7, 11) is 0. The lowest BCUT2D eigenvalue weighted by molar-refractivity contribution is -0.144. The van der Waals surface area contributed by atoms with Crippen molar-refractivity contribution in [3.05, 3.63) is 12.8 Å². The van der Waals surface area contributed by atoms with Crippen LogP contribution in [-0.4, -0.2) is 29.4 Å². The zero-order valence-corrected chi connectivity index (χ0v) is 6.19. The van der Waals surface area contributed by atoms with Crippen LogP contribution in [0.1, 0.15) is 6.42 Å². The Balaban J connectivity index is 3.80. The van der Waals surface area contributed by atoms with E-state index in [4.69, 9.17) is 10.2 Å². The van der Waals surface area contributed by atoms with Gasteiger partial charge < -0.3 is 14.9 Å². The van der Waals surface area contributed by atoms with E-state index in [0.717, 1.165) is 6.26 Å². The second-order valence-electron chi connectivity index (χ2n) is 2.00. The van der Waals surface area contributed by atoms with Crippen LogP contribution in [0.4, 0.5) is 0 Å². The average Bonchev–Trinajstić information content (AvgIpc) is 2.00. The summed E-state index contributed by atoms with van der Waals surface area (Å²) < 4.78 is 4.40. The monoisotopic (exact) mass is 160 g/mol. The number of hydrogen-bond acceptors (Lipinski definition) is 4. The van der Waals surface area contributed by atoms with Crippen LogP contribution in [0.15, 0.2) is 12.8 Å². The predicted molar refractivity (Wildman–Crippen MR) is 38.6 cm³/mol. The smallest absolute Gasteiger partial charge is 0.316 e. The van der Waals surface area contributed by atoms with Crippen LogP contribution in [0.2, 0.25) is 0 Å². The maximum atomic E-state index is 10.8. The van der Waals surface area contributed by atoms with Gasteiger partial charge >= 0.3 is 5.97 Å². The van der Waals surface area contributed by atoms with Crippen molar-refractivity contribution in [3.8, 4) is 0 Å². The molecule has 0 bridgehead atoms. The molecule has 0 heterocycles. The van der Waals surface area contributed by atoms with Crippen LogP contribution in [0, 0.1) is 5.92 Å². The first-order valence-electron chi connectivity index (χ1n) is 3.29. The van der Waals surface area contributed by atoms with E-state index in [-0.39, 0.29) is 19.6 Å². The lowest BCUT2D eigenvalue weighted by atomic mass is 10.1. The number of esters is 1. The molecule has 0 aromatic carbocycles. The molecule has 0 aliphatic carbocycles. The first-order chi connectivity index (χ1) is 5.26. The average molecular weight is 160 g/mol. The van der Waals surface area contributed by atoms with Crippen LogP contribution in [0.5, 0.6) is 0 Å². The van der Waals surface area contributed by atoms with Gasteiger partial charge in [-0.1, -0.05) is 6.58 Å². The van der Waals surface area contributed by atoms with Gasteiger partial charge in [-0.15, -0.1) is 0 Å². The second kappa shape index (κ2) is 5.88. The predicted octanol–water partition coefficient (Wildman–Crippen LogP) is -0.336. The van der Waals surface area contributed by atoms with E-state index in [2.05, 4.69) is 11.3 Å². The number of hydrogen-bond donors (Lipinski definition) is 2. The molecular formula is C7H12O4. The highest BCUT2D eigenvalue weighted by Crippen LogP contribution is 2.03. The third-order valence-electron chi connectivity index (χ3n) is 1.23. The summed E-state index contributed by atoms with van der Waals surface area (Å²) in [5.41, 5.74) is 0. The molecule has 11 heavy (non-hydrogen) atoms. The number of ether oxygens (including phenoxy) is 1. The molecule has 0 spiro atoms. The lowest BCUT2D eigenvalue weighted by Crippen LogP contribution is -2.20. The van der Waals surface area contributed by atoms with Crippen molar-refractivity contribution in [2.24, 2.45) is 5.92 Å². The van der Waals surface area contributed by atoms with Crippen LogP contribution < -0.4 is 0 Å². The minimum atomic E-state index is -0.641. The molecular weight excluding hydrogens is 148 g/mol. The summed E-state index contributed by atoms with van der Waals surface area (Å²) in [6.45, 7) is 2.74. The maximum Gasteiger partial charge on any atom is 0.316 e. The molecule has 0 amide bonds. The van der Waals surface area contributed by atoms with Crippen molar-refractivity contribution in [1.82, 2.24) is 0 Å². The maximum absolute atomic E-state index is 10.8. The van der Waals surface area contributed by atoms with Gasteiger partial charge in [-0.3, -0.25) is 4.79 Å². The fraction of sp³-hybridized carbons (Fsp3) is 0.571. The van der Waals surface area contributed by atoms with Crippen molar-refractivity contribution in [2.45, 2.75) is 6.42 Å². The molecule has 64 valence electrons. The van der Waals surface area contributed by atoms with Gasteiger partial charge in [0.2, 0.25) is 0 Å². The highest BCUT2D eigenvalue weighted by Gasteiger charge is 2.17. The summed E-state index contributed by atoms with van der Waals surface area (Å²) in [5.74, 6) is -1.20. The Morgan fingerprint density at radius 2 is 2.27 bits per heavy atom. The molecule has 0 radical (unpaired) electrons. The standard InChI is InChI=1S/C7H12O4/c1-2-11-7(10)6(5-9)3-4-8/h2,6,8-9H,1,3-5H2. The normalized spacial score (nSPS) is 12.2. The van der Waals surface area contributed by atoms with E-state index in [0.29, 0.717) is 0 Å². The topological polar surface area (TPSA) is 66.8 Å². The summed E-state index contributed by atoms with van der Waals surface area (Å²) in [5, 5.41) is 17.0. The molecule has 2 N–H and O–H groups in total. The number of rotatable bonds is 5. The van der Waals surface area contributed by atoms with Gasteiger partial charge in [-0.2, -0.15) is 0 Å². The van der Waals surface area contributed by atoms with Gasteiger partial charge in [0, 0.05) is 6.61 Å². The summed E-state index contributed by atoms with van der Waals surface area (Å²) in [4.78, 5) is 10.8. The van der Waals surface area contributed by atoms with E-state index in [1.54, 1.807) is 0 Å². The molecule has 0 aromatic heterocycles. The zero-order valence-electron chi connectivity index (χ0n) is 6.19. The van der Waals surface area contributed by atoms with Crippen LogP contribution in [0.25, 0.3) is 0 Å². The van der Waals surface area contributed by atoms with Crippen molar-refractivity contribution in [3.63, 3.8) is 0 Å². The largest absolute Gasteiger partial charge is 0.435 e. The van der Waals surface area contributed by atoms with Crippen LogP contribution in [0.3, 0.4) is 0 Å². The number of aliphatic hydroxyl groups is 2. The zero-order chi connectivity index (χ0) is 8.69. The molecule has 0 rings (SSSR count). The third kappa shape index (κ3) is 3.75. The molecule has 0 saturated heterocycles. The summed E-state index contributed by atoms with van der Waals surface area (Å²) >= 11 is 0. The number of aliphatic hydroxyl groups excluding tert-OH is 2. The molecule has 0 fully saturated rings. The Kier molecular flexibility index (Phi) is 5.42. The Morgan fingerprint density at radius 3 is 2.64 bits per heavy atom. The Morgan fingerprint density at radius 1 is 1.64 bits per heavy atom. The van der Waals surface area contributed by atoms with Gasteiger partial charge in [-0.05, 0) is 6.42 Å². The first kappa shape index (κ1) is 10.1. The Labute approximate surface area is 65.1 Å². The minimum absolute atomic E-state index is 0.141. The summed E-state index contributed by atoms with van der Waals surface area (Å²) in [6, 6.07) is 0. The Bertz CT molecular complexity index is 132. The van der Waals surface area contributed by atoms with E-state index in [1.165, 1.54) is 0 Å². The van der Waals surface area contributed by atoms with Crippen LogP contribution in [-0.2, 0) is 9.53 Å². The lowest BCUT2D eigenvalue weighted by Gasteiger charge is -2.08. The first-order valence-corrected chi connectivity index (χ1v) is 3.29. The van der Waals surface area contributed by atoms with E-state index in [1.807, 2.05) is 0 Å². The van der Waals surface area contributed by atoms with Gasteiger partial charge in [0.1, 0.15) is 0 Å². The highest BCUT2D eigenvalue weighted by atomic mass is 16.5. The van der Waals surface area contributed by atoms with Gasteiger partial charge in [0.05, 0.1) is 18.8 Å². The molecule has 1 unspecified atom stereocenters. The van der Waals surface area contributed by atoms with E-state index < -0.39 is 11.9 Å². The van der Waals surface area contributed by atoms with Gasteiger partial charge in [0.15, 0.2) is 0 Å². The number of carbonyl (C=O) groups excluding carboxylic acids is 1. The molecule has 0 aliphatic rings. The van der Waals surface area contributed by atoms with Crippen molar-refractivity contribution < 1.29 is 19.7 Å². The molecule has 4 heteroatoms. The quantitative estimate of drug-likeness (QED) is 0.426. The van der Waals surface area contributed by atoms with E-state index >= 15 is 0 Å². The van der Waals surface area contributed by atoms with Crippen molar-refractivity contribution in [1.29, 1.82) is 0 Å². The van der Waals surface area contributed by atoms with Crippen molar-refractivity contribution >= 4 is 5.97 Å². The summed E-state index contributed by atoms with van der Waals surface area (Å²) in [6.07, 6.45) is 1.21. The van der Waals surface area contributed by atoms with E-state index in [9.17, 15) is 4.79 Å². The highest BCUT2D eigenvalue weighted by molar-refractivity contribution is 5.73. The second-order valence-corrected chi connectivity index (χ2v) is 2.00. The SMILES string of the molecule is C=COC(=O)C(CO)CCO. The van der Waals surface area contributed by atoms with Crippen molar-refractivity contribution in [2.75, 3.05) is 13.2 Å². The third-order valence-corrected chi connectivity index (χ3v) is 1.23. The fourth-order valence-electron chi connectivity index (χ4n) is 0.618. The molecule has 0 aromatic rings. The molecule has 4 nitrogen and oxygen atoms in total. The molecule has 0 saturated carbocycles. The fourth-order valence-corrected chi connectivity index (χ4v) is 0.618. The minimum Gasteiger partial charge on any atom is -0.435 e. The van der Waals surface area contributed by atoms with Gasteiger partial charge in [0.25, 0.3) is 0 Å². The molecule has 1 atom stereocenters. The number of carbonyl (C=O) groups is 1. The van der Waals surface area contributed by atoms with Gasteiger partial charge in [-0.25, -0.2) is 0 Å². The Hall–Kier alpha value is -0.870. The molecule has 0 aliphatic heterocycles. The van der Waals surface area contributed by atoms with Crippen LogP contribution >= 0.6 is 0 Å².